The minimum atomic E-state index is -0.245. The first kappa shape index (κ1) is 14.1. The van der Waals surface area contributed by atoms with Crippen LogP contribution in [0.1, 0.15) is 31.2 Å². The zero-order chi connectivity index (χ0) is 13.9. The smallest absolute Gasteiger partial charge is 0.108 e. The Morgan fingerprint density at radius 3 is 2.53 bits per heavy atom. The molecule has 4 nitrogen and oxygen atoms in total. The van der Waals surface area contributed by atoms with E-state index in [0.29, 0.717) is 6.04 Å². The molecule has 0 unspecified atom stereocenters. The van der Waals surface area contributed by atoms with Crippen molar-refractivity contribution < 1.29 is 0 Å². The molecule has 0 bridgehead atoms. The molecule has 1 aromatic heterocycles. The quantitative estimate of drug-likeness (QED) is 0.903. The van der Waals surface area contributed by atoms with Crippen molar-refractivity contribution in [3.05, 3.63) is 24.0 Å². The molecule has 0 atom stereocenters. The molecule has 19 heavy (non-hydrogen) atoms. The van der Waals surface area contributed by atoms with Crippen molar-refractivity contribution in [1.29, 1.82) is 5.26 Å². The Morgan fingerprint density at radius 1 is 1.37 bits per heavy atom. The van der Waals surface area contributed by atoms with Crippen LogP contribution in [0.25, 0.3) is 0 Å². The summed E-state index contributed by atoms with van der Waals surface area (Å²) in [5.41, 5.74) is 1.08. The molecule has 1 N–H and O–H groups in total. The van der Waals surface area contributed by atoms with E-state index in [2.05, 4.69) is 40.2 Å². The van der Waals surface area contributed by atoms with Crippen LogP contribution in [-0.4, -0.2) is 47.5 Å². The highest BCUT2D eigenvalue weighted by Crippen LogP contribution is 2.33. The normalized spacial score (nSPS) is 27.7. The van der Waals surface area contributed by atoms with Crippen LogP contribution in [0.2, 0.25) is 0 Å². The van der Waals surface area contributed by atoms with Gasteiger partial charge in [0, 0.05) is 25.0 Å². The summed E-state index contributed by atoms with van der Waals surface area (Å²) < 4.78 is 0. The molecule has 2 rings (SSSR count). The number of aromatic nitrogens is 1. The van der Waals surface area contributed by atoms with Crippen LogP contribution >= 0.6 is 0 Å². The summed E-state index contributed by atoms with van der Waals surface area (Å²) in [6.45, 7) is 0.982. The van der Waals surface area contributed by atoms with E-state index >= 15 is 0 Å². The molecule has 0 radical (unpaired) electrons. The number of nitrogens with zero attached hydrogens (tertiary/aromatic N) is 3. The molecule has 0 aromatic carbocycles. The van der Waals surface area contributed by atoms with Crippen LogP contribution in [0, 0.1) is 11.3 Å². The van der Waals surface area contributed by atoms with Gasteiger partial charge in [0.05, 0.1) is 6.07 Å². The van der Waals surface area contributed by atoms with E-state index < -0.39 is 0 Å². The predicted molar refractivity (Wildman–Crippen MR) is 76.5 cm³/mol. The Bertz CT molecular complexity index is 421. The maximum Gasteiger partial charge on any atom is 0.108 e. The lowest BCUT2D eigenvalue weighted by Crippen LogP contribution is -2.49. The van der Waals surface area contributed by atoms with E-state index in [1.807, 2.05) is 20.3 Å². The minimum Gasteiger partial charge on any atom is -0.367 e. The molecule has 1 aliphatic carbocycles. The molecular weight excluding hydrogens is 236 g/mol. The molecule has 0 amide bonds. The van der Waals surface area contributed by atoms with E-state index in [-0.39, 0.29) is 5.54 Å². The number of rotatable bonds is 4. The highest BCUT2D eigenvalue weighted by Gasteiger charge is 2.38. The Hall–Kier alpha value is -1.31. The van der Waals surface area contributed by atoms with Gasteiger partial charge in [-0.1, -0.05) is 0 Å². The Morgan fingerprint density at radius 2 is 2.05 bits per heavy atom. The van der Waals surface area contributed by atoms with Crippen LogP contribution in [-0.2, 0) is 6.54 Å². The molecule has 104 valence electrons. The maximum atomic E-state index is 9.43. The summed E-state index contributed by atoms with van der Waals surface area (Å²) in [6, 6.07) is 5.24. The third-order valence-corrected chi connectivity index (χ3v) is 4.56. The van der Waals surface area contributed by atoms with Crippen LogP contribution in [0.4, 0.5) is 0 Å². The van der Waals surface area contributed by atoms with Gasteiger partial charge in [0.2, 0.25) is 0 Å². The summed E-state index contributed by atoms with van der Waals surface area (Å²) in [4.78, 5) is 7.61. The van der Waals surface area contributed by atoms with Crippen LogP contribution in [0.3, 0.4) is 0 Å². The van der Waals surface area contributed by atoms with Gasteiger partial charge in [-0.3, -0.25) is 9.80 Å². The first-order valence-electron chi connectivity index (χ1n) is 6.98. The molecule has 0 aliphatic heterocycles. The van der Waals surface area contributed by atoms with Gasteiger partial charge < -0.3 is 4.98 Å². The van der Waals surface area contributed by atoms with Crippen LogP contribution in [0.5, 0.6) is 0 Å². The SMILES string of the molecule is CN(Cc1cc[nH]c1)C1CCC(C#N)(N(C)C)CC1. The topological polar surface area (TPSA) is 46.1 Å². The van der Waals surface area contributed by atoms with Crippen LogP contribution < -0.4 is 0 Å². The second kappa shape index (κ2) is 5.77. The average molecular weight is 260 g/mol. The maximum absolute atomic E-state index is 9.43. The lowest BCUT2D eigenvalue weighted by molar-refractivity contribution is 0.0957. The Kier molecular flexibility index (Phi) is 4.28. The van der Waals surface area contributed by atoms with Gasteiger partial charge in [-0.05, 0) is 58.5 Å². The average Bonchev–Trinajstić information content (AvgIpc) is 2.91. The number of H-pyrrole nitrogens is 1. The molecule has 4 heteroatoms. The van der Waals surface area contributed by atoms with Gasteiger partial charge in [-0.25, -0.2) is 0 Å². The first-order valence-corrected chi connectivity index (χ1v) is 6.98. The van der Waals surface area contributed by atoms with Gasteiger partial charge in [0.15, 0.2) is 0 Å². The summed E-state index contributed by atoms with van der Waals surface area (Å²) in [5, 5.41) is 9.43. The molecule has 1 heterocycles. The van der Waals surface area contributed by atoms with E-state index in [1.54, 1.807) is 0 Å². The fourth-order valence-corrected chi connectivity index (χ4v) is 3.05. The Balaban J connectivity index is 1.91. The second-order valence-electron chi connectivity index (χ2n) is 5.90. The third-order valence-electron chi connectivity index (χ3n) is 4.56. The molecule has 1 aliphatic rings. The standard InChI is InChI=1S/C15H24N4/c1-18(2)15(12-16)7-4-14(5-8-15)19(3)11-13-6-9-17-10-13/h6,9-10,14,17H,4-5,7-8,11H2,1-3H3. The van der Waals surface area contributed by atoms with E-state index in [9.17, 15) is 5.26 Å². The highest BCUT2D eigenvalue weighted by atomic mass is 15.2. The van der Waals surface area contributed by atoms with Gasteiger partial charge in [-0.15, -0.1) is 0 Å². The number of aromatic amines is 1. The van der Waals surface area contributed by atoms with Crippen molar-refractivity contribution in [2.45, 2.75) is 43.8 Å². The largest absolute Gasteiger partial charge is 0.367 e. The van der Waals surface area contributed by atoms with Crippen LogP contribution in [0.15, 0.2) is 18.5 Å². The number of hydrogen-bond donors (Lipinski definition) is 1. The first-order chi connectivity index (χ1) is 9.07. The van der Waals surface area contributed by atoms with Gasteiger partial charge in [0.1, 0.15) is 5.54 Å². The van der Waals surface area contributed by atoms with Crippen molar-refractivity contribution in [3.63, 3.8) is 0 Å². The van der Waals surface area contributed by atoms with E-state index in [1.165, 1.54) is 5.56 Å². The fraction of sp³-hybridized carbons (Fsp3) is 0.667. The minimum absolute atomic E-state index is 0.245. The molecule has 1 fully saturated rings. The predicted octanol–water partition coefficient (Wildman–Crippen LogP) is 2.21. The van der Waals surface area contributed by atoms with Gasteiger partial charge >= 0.3 is 0 Å². The van der Waals surface area contributed by atoms with Crippen molar-refractivity contribution >= 4 is 0 Å². The molecular formula is C15H24N4. The third kappa shape index (κ3) is 2.99. The molecule has 1 aromatic rings. The molecule has 0 spiro atoms. The van der Waals surface area contributed by atoms with Crippen molar-refractivity contribution in [2.75, 3.05) is 21.1 Å². The van der Waals surface area contributed by atoms with Crippen molar-refractivity contribution in [3.8, 4) is 6.07 Å². The number of nitrogens with one attached hydrogen (secondary N) is 1. The van der Waals surface area contributed by atoms with E-state index in [0.717, 1.165) is 32.2 Å². The summed E-state index contributed by atoms with van der Waals surface area (Å²) in [5.74, 6) is 0. The van der Waals surface area contributed by atoms with Gasteiger partial charge in [-0.2, -0.15) is 5.26 Å². The van der Waals surface area contributed by atoms with Crippen molar-refractivity contribution in [1.82, 2.24) is 14.8 Å². The number of nitriles is 1. The molecule has 0 saturated heterocycles. The lowest BCUT2D eigenvalue weighted by atomic mass is 9.79. The summed E-state index contributed by atoms with van der Waals surface area (Å²) in [6.07, 6.45) is 8.17. The number of hydrogen-bond acceptors (Lipinski definition) is 3. The zero-order valence-electron chi connectivity index (χ0n) is 12.2. The molecule has 1 saturated carbocycles. The summed E-state index contributed by atoms with van der Waals surface area (Å²) in [7, 11) is 6.23. The van der Waals surface area contributed by atoms with Gasteiger partial charge in [0.25, 0.3) is 0 Å². The zero-order valence-corrected chi connectivity index (χ0v) is 12.2. The Labute approximate surface area is 116 Å². The lowest BCUT2D eigenvalue weighted by Gasteiger charge is -2.42. The second-order valence-corrected chi connectivity index (χ2v) is 5.90. The van der Waals surface area contributed by atoms with E-state index in [4.69, 9.17) is 0 Å². The monoisotopic (exact) mass is 260 g/mol. The van der Waals surface area contributed by atoms with Crippen molar-refractivity contribution in [2.24, 2.45) is 0 Å². The highest BCUT2D eigenvalue weighted by molar-refractivity contribution is 5.11. The fourth-order valence-electron chi connectivity index (χ4n) is 3.05. The summed E-state index contributed by atoms with van der Waals surface area (Å²) >= 11 is 0.